The second-order valence-corrected chi connectivity index (χ2v) is 5.52. The van der Waals surface area contributed by atoms with Crippen molar-refractivity contribution < 1.29 is 9.47 Å². The van der Waals surface area contributed by atoms with Crippen LogP contribution in [0.15, 0.2) is 0 Å². The van der Waals surface area contributed by atoms with Gasteiger partial charge in [0, 0.05) is 26.1 Å². The van der Waals surface area contributed by atoms with Crippen molar-refractivity contribution in [2.24, 2.45) is 0 Å². The summed E-state index contributed by atoms with van der Waals surface area (Å²) in [5.41, 5.74) is 0. The molecule has 2 unspecified atom stereocenters. The average Bonchev–Trinajstić information content (AvgIpc) is 2.52. The van der Waals surface area contributed by atoms with Gasteiger partial charge in [-0.05, 0) is 19.3 Å². The van der Waals surface area contributed by atoms with Gasteiger partial charge in [-0.2, -0.15) is 0 Å². The Balaban J connectivity index is 1.84. The van der Waals surface area contributed by atoms with E-state index in [-0.39, 0.29) is 0 Å². The van der Waals surface area contributed by atoms with Crippen LogP contribution in [0.1, 0.15) is 64.2 Å². The van der Waals surface area contributed by atoms with Crippen molar-refractivity contribution in [3.05, 3.63) is 5.92 Å². The normalized spacial score (nSPS) is 33.7. The Morgan fingerprint density at radius 1 is 1.00 bits per heavy atom. The Morgan fingerprint density at radius 3 is 2.29 bits per heavy atom. The third-order valence-corrected chi connectivity index (χ3v) is 4.27. The highest BCUT2D eigenvalue weighted by Gasteiger charge is 2.29. The van der Waals surface area contributed by atoms with E-state index in [4.69, 9.17) is 9.47 Å². The molecule has 1 radical (unpaired) electrons. The van der Waals surface area contributed by atoms with Gasteiger partial charge in [-0.15, -0.1) is 0 Å². The van der Waals surface area contributed by atoms with Crippen LogP contribution < -0.4 is 0 Å². The second-order valence-electron chi connectivity index (χ2n) is 5.52. The number of hydrogen-bond acceptors (Lipinski definition) is 2. The Labute approximate surface area is 106 Å². The van der Waals surface area contributed by atoms with E-state index in [1.54, 1.807) is 5.92 Å². The molecule has 0 spiro atoms. The minimum Gasteiger partial charge on any atom is -0.381 e. The smallest absolute Gasteiger partial charge is 0.0662 e. The van der Waals surface area contributed by atoms with Crippen LogP contribution in [0.2, 0.25) is 0 Å². The van der Waals surface area contributed by atoms with Crippen molar-refractivity contribution in [2.45, 2.75) is 76.4 Å². The van der Waals surface area contributed by atoms with Gasteiger partial charge in [-0.25, -0.2) is 0 Å². The lowest BCUT2D eigenvalue weighted by Gasteiger charge is -2.34. The van der Waals surface area contributed by atoms with Crippen LogP contribution in [0.5, 0.6) is 0 Å². The maximum absolute atomic E-state index is 5.97. The van der Waals surface area contributed by atoms with E-state index < -0.39 is 0 Å². The molecule has 0 amide bonds. The Kier molecular flexibility index (Phi) is 5.79. The average molecular weight is 239 g/mol. The summed E-state index contributed by atoms with van der Waals surface area (Å²) in [5, 5.41) is 0. The molecule has 0 aromatic carbocycles. The lowest BCUT2D eigenvalue weighted by molar-refractivity contribution is -0.0548. The van der Waals surface area contributed by atoms with Crippen molar-refractivity contribution in [3.63, 3.8) is 0 Å². The third-order valence-electron chi connectivity index (χ3n) is 4.27. The molecule has 99 valence electrons. The van der Waals surface area contributed by atoms with E-state index in [2.05, 4.69) is 0 Å². The predicted molar refractivity (Wildman–Crippen MR) is 70.0 cm³/mol. The molecule has 2 aliphatic rings. The minimum absolute atomic E-state index is 0.395. The SMILES string of the molecule is COC1CCOC([C]2CCCCCCCC2)C1. The van der Waals surface area contributed by atoms with Crippen molar-refractivity contribution in [2.75, 3.05) is 13.7 Å². The van der Waals surface area contributed by atoms with E-state index in [0.717, 1.165) is 19.4 Å². The van der Waals surface area contributed by atoms with Gasteiger partial charge >= 0.3 is 0 Å². The first kappa shape index (κ1) is 13.4. The monoisotopic (exact) mass is 239 g/mol. The standard InChI is InChI=1S/C15H27O2/c1-16-14-10-11-17-15(12-14)13-8-6-4-2-3-5-7-9-13/h14-15H,2-12H2,1H3. The largest absolute Gasteiger partial charge is 0.381 e. The van der Waals surface area contributed by atoms with E-state index in [9.17, 15) is 0 Å². The summed E-state index contributed by atoms with van der Waals surface area (Å²) < 4.78 is 11.5. The van der Waals surface area contributed by atoms with E-state index in [0.29, 0.717) is 12.2 Å². The highest BCUT2D eigenvalue weighted by atomic mass is 16.5. The fraction of sp³-hybridized carbons (Fsp3) is 0.933. The molecular weight excluding hydrogens is 212 g/mol. The van der Waals surface area contributed by atoms with Crippen molar-refractivity contribution in [1.82, 2.24) is 0 Å². The fourth-order valence-electron chi connectivity index (χ4n) is 3.12. The summed E-state index contributed by atoms with van der Waals surface area (Å²) in [6, 6.07) is 0. The summed E-state index contributed by atoms with van der Waals surface area (Å²) in [6.45, 7) is 0.882. The predicted octanol–water partition coefficient (Wildman–Crippen LogP) is 3.89. The molecule has 17 heavy (non-hydrogen) atoms. The number of ether oxygens (including phenoxy) is 2. The summed E-state index contributed by atoms with van der Waals surface area (Å²) in [7, 11) is 1.83. The first-order valence-corrected chi connectivity index (χ1v) is 7.39. The topological polar surface area (TPSA) is 18.5 Å². The first-order chi connectivity index (χ1) is 8.40. The maximum Gasteiger partial charge on any atom is 0.0662 e. The molecule has 1 heterocycles. The van der Waals surface area contributed by atoms with Crippen LogP contribution in [0.25, 0.3) is 0 Å². The van der Waals surface area contributed by atoms with Crippen molar-refractivity contribution in [3.8, 4) is 0 Å². The van der Waals surface area contributed by atoms with Gasteiger partial charge in [0.25, 0.3) is 0 Å². The van der Waals surface area contributed by atoms with Crippen LogP contribution in [-0.4, -0.2) is 25.9 Å². The number of rotatable bonds is 2. The van der Waals surface area contributed by atoms with Crippen LogP contribution >= 0.6 is 0 Å². The second kappa shape index (κ2) is 7.38. The van der Waals surface area contributed by atoms with E-state index in [1.165, 1.54) is 51.4 Å². The van der Waals surface area contributed by atoms with E-state index >= 15 is 0 Å². The fourth-order valence-corrected chi connectivity index (χ4v) is 3.12. The van der Waals surface area contributed by atoms with Gasteiger partial charge in [0.1, 0.15) is 0 Å². The first-order valence-electron chi connectivity index (χ1n) is 7.39. The summed E-state index contributed by atoms with van der Waals surface area (Å²) in [6.07, 6.45) is 14.0. The van der Waals surface area contributed by atoms with Crippen molar-refractivity contribution in [1.29, 1.82) is 0 Å². The van der Waals surface area contributed by atoms with E-state index in [1.807, 2.05) is 7.11 Å². The molecule has 2 heteroatoms. The molecule has 1 aliphatic carbocycles. The van der Waals surface area contributed by atoms with Gasteiger partial charge < -0.3 is 9.47 Å². The van der Waals surface area contributed by atoms with Gasteiger partial charge in [0.05, 0.1) is 12.2 Å². The van der Waals surface area contributed by atoms with Gasteiger partial charge in [0.2, 0.25) is 0 Å². The highest BCUT2D eigenvalue weighted by Crippen LogP contribution is 2.32. The molecule has 0 bridgehead atoms. The quantitative estimate of drug-likeness (QED) is 0.728. The minimum atomic E-state index is 0.395. The molecule has 1 saturated heterocycles. The van der Waals surface area contributed by atoms with Crippen LogP contribution in [0.3, 0.4) is 0 Å². The summed E-state index contributed by atoms with van der Waals surface area (Å²) in [5.74, 6) is 1.67. The molecule has 0 N–H and O–H groups in total. The number of hydrogen-bond donors (Lipinski definition) is 0. The maximum atomic E-state index is 5.97. The third kappa shape index (κ3) is 4.26. The van der Waals surface area contributed by atoms with Gasteiger partial charge in [-0.1, -0.05) is 38.5 Å². The molecule has 2 fully saturated rings. The van der Waals surface area contributed by atoms with Crippen LogP contribution in [-0.2, 0) is 9.47 Å². The van der Waals surface area contributed by atoms with Crippen molar-refractivity contribution >= 4 is 0 Å². The molecule has 1 aliphatic heterocycles. The molecule has 0 aromatic rings. The molecule has 2 nitrogen and oxygen atoms in total. The Hall–Kier alpha value is -0.0800. The zero-order valence-corrected chi connectivity index (χ0v) is 11.2. The Bertz CT molecular complexity index is 195. The molecule has 2 rings (SSSR count). The highest BCUT2D eigenvalue weighted by molar-refractivity contribution is 5.00. The lowest BCUT2D eigenvalue weighted by Crippen LogP contribution is -2.34. The molecule has 2 atom stereocenters. The van der Waals surface area contributed by atoms with Gasteiger partial charge in [-0.3, -0.25) is 0 Å². The zero-order valence-electron chi connectivity index (χ0n) is 11.2. The molecular formula is C15H27O2. The summed E-state index contributed by atoms with van der Waals surface area (Å²) in [4.78, 5) is 0. The lowest BCUT2D eigenvalue weighted by atomic mass is 9.87. The zero-order chi connectivity index (χ0) is 11.9. The van der Waals surface area contributed by atoms with Crippen LogP contribution in [0.4, 0.5) is 0 Å². The number of methoxy groups -OCH3 is 1. The molecule has 0 aromatic heterocycles. The molecule has 1 saturated carbocycles. The van der Waals surface area contributed by atoms with Gasteiger partial charge in [0.15, 0.2) is 0 Å². The Morgan fingerprint density at radius 2 is 1.65 bits per heavy atom. The summed E-state index contributed by atoms with van der Waals surface area (Å²) >= 11 is 0. The van der Waals surface area contributed by atoms with Crippen LogP contribution in [0, 0.1) is 5.92 Å².